The van der Waals surface area contributed by atoms with E-state index in [0.717, 1.165) is 6.54 Å². The van der Waals surface area contributed by atoms with Crippen molar-refractivity contribution in [2.75, 3.05) is 19.8 Å². The van der Waals surface area contributed by atoms with Gasteiger partial charge < -0.3 is 15.2 Å². The lowest BCUT2D eigenvalue weighted by Crippen LogP contribution is -2.38. The van der Waals surface area contributed by atoms with Gasteiger partial charge in [-0.15, -0.1) is 0 Å². The first-order valence-corrected chi connectivity index (χ1v) is 3.33. The maximum atomic E-state index is 9.13. The molecular weight excluding hydrogens is 118 g/mol. The molecule has 0 saturated carbocycles. The molecule has 2 N–H and O–H groups in total. The third kappa shape index (κ3) is 1.64. The van der Waals surface area contributed by atoms with Gasteiger partial charge in [0, 0.05) is 0 Å². The number of rotatable bonds is 2. The van der Waals surface area contributed by atoms with Crippen molar-refractivity contribution in [3.63, 3.8) is 0 Å². The Hall–Kier alpha value is -0.120. The van der Waals surface area contributed by atoms with E-state index in [1.807, 2.05) is 6.92 Å². The second-order valence-corrected chi connectivity index (χ2v) is 2.27. The van der Waals surface area contributed by atoms with Crippen LogP contribution >= 0.6 is 0 Å². The van der Waals surface area contributed by atoms with Gasteiger partial charge in [0.2, 0.25) is 0 Å². The van der Waals surface area contributed by atoms with Crippen LogP contribution in [0.2, 0.25) is 0 Å². The molecule has 0 aromatic rings. The van der Waals surface area contributed by atoms with Crippen molar-refractivity contribution in [1.29, 1.82) is 0 Å². The Labute approximate surface area is 55.0 Å². The number of nitrogens with one attached hydrogen (secondary N) is 1. The molecular formula is C6H13NO2. The predicted octanol–water partition coefficient (Wildman–Crippen LogP) is -0.644. The lowest BCUT2D eigenvalue weighted by molar-refractivity contribution is 0.122. The Morgan fingerprint density at radius 3 is 2.89 bits per heavy atom. The van der Waals surface area contributed by atoms with Crippen molar-refractivity contribution in [1.82, 2.24) is 5.32 Å². The van der Waals surface area contributed by atoms with E-state index in [2.05, 4.69) is 5.32 Å². The summed E-state index contributed by atoms with van der Waals surface area (Å²) in [6.45, 7) is 4.04. The molecule has 1 fully saturated rings. The Kier molecular flexibility index (Phi) is 2.45. The van der Waals surface area contributed by atoms with E-state index in [9.17, 15) is 0 Å². The molecule has 54 valence electrons. The lowest BCUT2D eigenvalue weighted by Gasteiger charge is -2.11. The van der Waals surface area contributed by atoms with Gasteiger partial charge in [-0.25, -0.2) is 0 Å². The molecule has 1 saturated heterocycles. The zero-order valence-electron chi connectivity index (χ0n) is 5.63. The molecule has 0 amide bonds. The fraction of sp³-hybridized carbons (Fsp3) is 1.00. The third-order valence-corrected chi connectivity index (χ3v) is 1.52. The molecule has 0 aliphatic carbocycles. The van der Waals surface area contributed by atoms with Crippen molar-refractivity contribution in [2.24, 2.45) is 0 Å². The second-order valence-electron chi connectivity index (χ2n) is 2.27. The zero-order chi connectivity index (χ0) is 6.69. The normalized spacial score (nSPS) is 35.3. The highest BCUT2D eigenvalue weighted by Crippen LogP contribution is 2.03. The number of aliphatic hydroxyl groups is 1. The largest absolute Gasteiger partial charge is 0.389 e. The Morgan fingerprint density at radius 1 is 1.67 bits per heavy atom. The summed E-state index contributed by atoms with van der Waals surface area (Å²) in [5.41, 5.74) is 0. The maximum absolute atomic E-state index is 9.13. The number of likely N-dealkylation sites (N-methyl/N-ethyl adjacent to an activating group) is 1. The van der Waals surface area contributed by atoms with Crippen LogP contribution in [0.25, 0.3) is 0 Å². The average molecular weight is 131 g/mol. The first kappa shape index (κ1) is 6.99. The molecule has 1 aliphatic rings. The van der Waals surface area contributed by atoms with Crippen LogP contribution in [-0.4, -0.2) is 37.0 Å². The lowest BCUT2D eigenvalue weighted by atomic mass is 10.2. The van der Waals surface area contributed by atoms with E-state index in [0.29, 0.717) is 13.2 Å². The summed E-state index contributed by atoms with van der Waals surface area (Å²) in [5, 5.41) is 12.3. The van der Waals surface area contributed by atoms with Gasteiger partial charge in [-0.2, -0.15) is 0 Å². The quantitative estimate of drug-likeness (QED) is 0.523. The Bertz CT molecular complexity index is 87.1. The summed E-state index contributed by atoms with van der Waals surface area (Å²) in [6, 6.07) is 0.162. The van der Waals surface area contributed by atoms with Crippen LogP contribution in [0.4, 0.5) is 0 Å². The molecule has 9 heavy (non-hydrogen) atoms. The maximum Gasteiger partial charge on any atom is 0.0948 e. The minimum atomic E-state index is -0.301. The van der Waals surface area contributed by atoms with Crippen molar-refractivity contribution in [3.8, 4) is 0 Å². The summed E-state index contributed by atoms with van der Waals surface area (Å²) in [7, 11) is 0. The van der Waals surface area contributed by atoms with Crippen LogP contribution < -0.4 is 5.32 Å². The van der Waals surface area contributed by atoms with Gasteiger partial charge >= 0.3 is 0 Å². The van der Waals surface area contributed by atoms with Crippen molar-refractivity contribution < 1.29 is 9.84 Å². The van der Waals surface area contributed by atoms with Crippen LogP contribution in [0.5, 0.6) is 0 Å². The van der Waals surface area contributed by atoms with Crippen LogP contribution in [0.3, 0.4) is 0 Å². The van der Waals surface area contributed by atoms with E-state index in [1.165, 1.54) is 0 Å². The molecule has 3 nitrogen and oxygen atoms in total. The van der Waals surface area contributed by atoms with E-state index in [-0.39, 0.29) is 12.1 Å². The summed E-state index contributed by atoms with van der Waals surface area (Å²) in [5.74, 6) is 0. The molecule has 0 radical (unpaired) electrons. The van der Waals surface area contributed by atoms with Gasteiger partial charge in [-0.1, -0.05) is 6.92 Å². The Balaban J connectivity index is 2.22. The van der Waals surface area contributed by atoms with Gasteiger partial charge in [0.05, 0.1) is 25.4 Å². The minimum absolute atomic E-state index is 0.162. The van der Waals surface area contributed by atoms with Crippen molar-refractivity contribution in [3.05, 3.63) is 0 Å². The highest BCUT2D eigenvalue weighted by Gasteiger charge is 2.24. The van der Waals surface area contributed by atoms with E-state index >= 15 is 0 Å². The van der Waals surface area contributed by atoms with Crippen LogP contribution in [0, 0.1) is 0 Å². The van der Waals surface area contributed by atoms with E-state index < -0.39 is 0 Å². The average Bonchev–Trinajstić information content (AvgIpc) is 2.18. The number of ether oxygens (including phenoxy) is 1. The van der Waals surface area contributed by atoms with Crippen molar-refractivity contribution in [2.45, 2.75) is 19.1 Å². The topological polar surface area (TPSA) is 41.5 Å². The molecule has 1 unspecified atom stereocenters. The molecule has 1 rings (SSSR count). The first-order valence-electron chi connectivity index (χ1n) is 3.33. The van der Waals surface area contributed by atoms with Crippen LogP contribution in [0.1, 0.15) is 6.92 Å². The fourth-order valence-corrected chi connectivity index (χ4v) is 1.00. The molecule has 3 heteroatoms. The molecule has 1 heterocycles. The summed E-state index contributed by atoms with van der Waals surface area (Å²) in [6.07, 6.45) is -0.301. The van der Waals surface area contributed by atoms with Crippen molar-refractivity contribution >= 4 is 0 Å². The monoisotopic (exact) mass is 131 g/mol. The molecule has 2 atom stereocenters. The standard InChI is InChI=1S/C6H13NO2/c1-2-7-5-3-9-4-6(5)8/h5-8H,2-4H2,1H3/t5?,6-/m1/s1. The minimum Gasteiger partial charge on any atom is -0.389 e. The molecule has 0 aromatic carbocycles. The molecule has 0 bridgehead atoms. The fourth-order valence-electron chi connectivity index (χ4n) is 1.00. The van der Waals surface area contributed by atoms with Gasteiger partial charge in [0.15, 0.2) is 0 Å². The molecule has 0 spiro atoms. The zero-order valence-corrected chi connectivity index (χ0v) is 5.63. The summed E-state index contributed by atoms with van der Waals surface area (Å²) in [4.78, 5) is 0. The number of hydrogen-bond acceptors (Lipinski definition) is 3. The first-order chi connectivity index (χ1) is 4.34. The summed E-state index contributed by atoms with van der Waals surface area (Å²) < 4.78 is 5.01. The molecule has 0 aromatic heterocycles. The van der Waals surface area contributed by atoms with Crippen LogP contribution in [0.15, 0.2) is 0 Å². The van der Waals surface area contributed by atoms with Gasteiger partial charge in [0.1, 0.15) is 0 Å². The SMILES string of the molecule is CCNC1COC[C@H]1O. The van der Waals surface area contributed by atoms with Crippen LogP contribution in [-0.2, 0) is 4.74 Å². The van der Waals surface area contributed by atoms with Gasteiger partial charge in [-0.3, -0.25) is 0 Å². The van der Waals surface area contributed by atoms with E-state index in [1.54, 1.807) is 0 Å². The Morgan fingerprint density at radius 2 is 2.44 bits per heavy atom. The highest BCUT2D eigenvalue weighted by atomic mass is 16.5. The van der Waals surface area contributed by atoms with E-state index in [4.69, 9.17) is 9.84 Å². The highest BCUT2D eigenvalue weighted by molar-refractivity contribution is 4.79. The number of hydrogen-bond donors (Lipinski definition) is 2. The third-order valence-electron chi connectivity index (χ3n) is 1.52. The predicted molar refractivity (Wildman–Crippen MR) is 34.3 cm³/mol. The van der Waals surface area contributed by atoms with Gasteiger partial charge in [0.25, 0.3) is 0 Å². The van der Waals surface area contributed by atoms with Gasteiger partial charge in [-0.05, 0) is 6.54 Å². The molecule has 1 aliphatic heterocycles. The number of aliphatic hydroxyl groups excluding tert-OH is 1. The smallest absolute Gasteiger partial charge is 0.0948 e. The second kappa shape index (κ2) is 3.15. The summed E-state index contributed by atoms with van der Waals surface area (Å²) >= 11 is 0.